The lowest BCUT2D eigenvalue weighted by atomic mass is 10.1. The van der Waals surface area contributed by atoms with E-state index in [4.69, 9.17) is 21.4 Å². The molecule has 0 aliphatic carbocycles. The normalized spacial score (nSPS) is 11.7. The number of carbonyl (C=O) groups is 2. The molecule has 0 fully saturated rings. The summed E-state index contributed by atoms with van der Waals surface area (Å²) in [6, 6.07) is 6.66. The van der Waals surface area contributed by atoms with E-state index in [-0.39, 0.29) is 31.4 Å². The molecular formula is C14H18ClNO4. The highest BCUT2D eigenvalue weighted by Gasteiger charge is 2.14. The third-order valence-corrected chi connectivity index (χ3v) is 3.01. The molecule has 1 aromatic rings. The van der Waals surface area contributed by atoms with Gasteiger partial charge in [-0.05, 0) is 18.6 Å². The largest absolute Gasteiger partial charge is 0.491 e. The van der Waals surface area contributed by atoms with Gasteiger partial charge in [0.25, 0.3) is 0 Å². The number of halogens is 1. The number of aliphatic carboxylic acids is 1. The number of carboxylic acids is 1. The van der Waals surface area contributed by atoms with Gasteiger partial charge in [-0.1, -0.05) is 30.7 Å². The number of ether oxygens (including phenoxy) is 1. The van der Waals surface area contributed by atoms with Crippen molar-refractivity contribution in [2.24, 2.45) is 0 Å². The molecule has 0 aromatic heterocycles. The van der Waals surface area contributed by atoms with Crippen LogP contribution < -0.4 is 10.1 Å². The van der Waals surface area contributed by atoms with Crippen molar-refractivity contribution in [3.05, 3.63) is 29.3 Å². The summed E-state index contributed by atoms with van der Waals surface area (Å²) in [5, 5.41) is 11.8. The molecular weight excluding hydrogens is 282 g/mol. The number of amides is 1. The highest BCUT2D eigenvalue weighted by molar-refractivity contribution is 6.32. The smallest absolute Gasteiger partial charge is 0.305 e. The van der Waals surface area contributed by atoms with Gasteiger partial charge in [0.1, 0.15) is 5.75 Å². The van der Waals surface area contributed by atoms with Gasteiger partial charge in [-0.3, -0.25) is 9.59 Å². The zero-order chi connectivity index (χ0) is 15.0. The van der Waals surface area contributed by atoms with Crippen LogP contribution >= 0.6 is 11.6 Å². The number of rotatable bonds is 8. The van der Waals surface area contributed by atoms with Crippen molar-refractivity contribution in [2.75, 3.05) is 6.61 Å². The summed E-state index contributed by atoms with van der Waals surface area (Å²) in [7, 11) is 0. The average molecular weight is 300 g/mol. The van der Waals surface area contributed by atoms with E-state index in [9.17, 15) is 9.59 Å². The van der Waals surface area contributed by atoms with Gasteiger partial charge in [-0.25, -0.2) is 0 Å². The van der Waals surface area contributed by atoms with Crippen molar-refractivity contribution >= 4 is 23.5 Å². The van der Waals surface area contributed by atoms with Crippen LogP contribution in [0.3, 0.4) is 0 Å². The van der Waals surface area contributed by atoms with Gasteiger partial charge >= 0.3 is 5.97 Å². The number of carboxylic acid groups (broad SMARTS) is 1. The lowest BCUT2D eigenvalue weighted by Crippen LogP contribution is -2.36. The maximum Gasteiger partial charge on any atom is 0.305 e. The van der Waals surface area contributed by atoms with Crippen LogP contribution in [0, 0.1) is 0 Å². The summed E-state index contributed by atoms with van der Waals surface area (Å²) in [5.41, 5.74) is 0. The Balaban J connectivity index is 2.33. The number of hydrogen-bond acceptors (Lipinski definition) is 3. The number of nitrogens with one attached hydrogen (secondary N) is 1. The number of benzene rings is 1. The average Bonchev–Trinajstić information content (AvgIpc) is 2.39. The van der Waals surface area contributed by atoms with Gasteiger partial charge in [-0.15, -0.1) is 0 Å². The molecule has 0 radical (unpaired) electrons. The number of para-hydroxylation sites is 1. The molecule has 110 valence electrons. The summed E-state index contributed by atoms with van der Waals surface area (Å²) >= 11 is 5.91. The van der Waals surface area contributed by atoms with Crippen LogP contribution in [0.2, 0.25) is 5.02 Å². The Morgan fingerprint density at radius 3 is 2.70 bits per heavy atom. The maximum atomic E-state index is 11.7. The van der Waals surface area contributed by atoms with E-state index in [1.807, 2.05) is 6.92 Å². The van der Waals surface area contributed by atoms with E-state index in [1.54, 1.807) is 24.3 Å². The molecule has 2 N–H and O–H groups in total. The Morgan fingerprint density at radius 2 is 2.10 bits per heavy atom. The van der Waals surface area contributed by atoms with Crippen LogP contribution in [0.4, 0.5) is 0 Å². The fourth-order valence-corrected chi connectivity index (χ4v) is 1.81. The molecule has 0 heterocycles. The van der Waals surface area contributed by atoms with Crippen molar-refractivity contribution in [1.29, 1.82) is 0 Å². The molecule has 20 heavy (non-hydrogen) atoms. The van der Waals surface area contributed by atoms with Crippen LogP contribution in [0.5, 0.6) is 5.75 Å². The highest BCUT2D eigenvalue weighted by Crippen LogP contribution is 2.22. The second-order valence-corrected chi connectivity index (χ2v) is 4.71. The minimum atomic E-state index is -0.926. The lowest BCUT2D eigenvalue weighted by Gasteiger charge is -2.15. The minimum absolute atomic E-state index is 0.0758. The monoisotopic (exact) mass is 299 g/mol. The lowest BCUT2D eigenvalue weighted by molar-refractivity contribution is -0.137. The van der Waals surface area contributed by atoms with Crippen molar-refractivity contribution < 1.29 is 19.4 Å². The molecule has 1 unspecified atom stereocenters. The molecule has 0 aliphatic rings. The Bertz CT molecular complexity index is 464. The molecule has 0 saturated heterocycles. The quantitative estimate of drug-likeness (QED) is 0.773. The Hall–Kier alpha value is -1.75. The molecule has 1 amide bonds. The molecule has 1 aromatic carbocycles. The fraction of sp³-hybridized carbons (Fsp3) is 0.429. The van der Waals surface area contributed by atoms with Crippen LogP contribution in [-0.4, -0.2) is 29.6 Å². The summed E-state index contributed by atoms with van der Waals surface area (Å²) in [6.45, 7) is 2.02. The molecule has 0 spiro atoms. The number of carbonyl (C=O) groups excluding carboxylic acids is 1. The fourth-order valence-electron chi connectivity index (χ4n) is 1.62. The van der Waals surface area contributed by atoms with Crippen LogP contribution in [0.25, 0.3) is 0 Å². The molecule has 0 saturated carbocycles. The zero-order valence-corrected chi connectivity index (χ0v) is 12.0. The summed E-state index contributed by atoms with van der Waals surface area (Å²) in [6.07, 6.45) is 0.651. The van der Waals surface area contributed by atoms with Crippen molar-refractivity contribution in [1.82, 2.24) is 5.32 Å². The molecule has 0 bridgehead atoms. The van der Waals surface area contributed by atoms with Gasteiger partial charge < -0.3 is 15.2 Å². The summed E-state index contributed by atoms with van der Waals surface area (Å²) in [4.78, 5) is 22.2. The standard InChI is InChI=1S/C14H18ClNO4/c1-2-10(9-14(18)19)16-13(17)7-8-20-12-6-4-3-5-11(12)15/h3-6,10H,2,7-9H2,1H3,(H,16,17)(H,18,19). The maximum absolute atomic E-state index is 11.7. The van der Waals surface area contributed by atoms with Crippen molar-refractivity contribution in [2.45, 2.75) is 32.2 Å². The Kier molecular flexibility index (Phi) is 6.87. The van der Waals surface area contributed by atoms with E-state index in [1.165, 1.54) is 0 Å². The third kappa shape index (κ3) is 5.93. The second kappa shape index (κ2) is 8.43. The molecule has 1 atom stereocenters. The molecule has 5 nitrogen and oxygen atoms in total. The highest BCUT2D eigenvalue weighted by atomic mass is 35.5. The predicted molar refractivity (Wildman–Crippen MR) is 76.0 cm³/mol. The predicted octanol–water partition coefficient (Wildman–Crippen LogP) is 2.48. The minimum Gasteiger partial charge on any atom is -0.491 e. The first kappa shape index (κ1) is 16.3. The first-order valence-electron chi connectivity index (χ1n) is 6.41. The van der Waals surface area contributed by atoms with Crippen LogP contribution in [-0.2, 0) is 9.59 Å². The Morgan fingerprint density at radius 1 is 1.40 bits per heavy atom. The van der Waals surface area contributed by atoms with E-state index >= 15 is 0 Å². The third-order valence-electron chi connectivity index (χ3n) is 2.70. The molecule has 0 aliphatic heterocycles. The SMILES string of the molecule is CCC(CC(=O)O)NC(=O)CCOc1ccccc1Cl. The topological polar surface area (TPSA) is 75.6 Å². The van der Waals surface area contributed by atoms with Crippen molar-refractivity contribution in [3.8, 4) is 5.75 Å². The first-order chi connectivity index (χ1) is 9.52. The second-order valence-electron chi connectivity index (χ2n) is 4.30. The summed E-state index contributed by atoms with van der Waals surface area (Å²) in [5.74, 6) is -0.630. The van der Waals surface area contributed by atoms with Gasteiger partial charge in [0, 0.05) is 6.04 Å². The first-order valence-corrected chi connectivity index (χ1v) is 6.79. The van der Waals surface area contributed by atoms with Gasteiger partial charge in [0.05, 0.1) is 24.5 Å². The van der Waals surface area contributed by atoms with E-state index < -0.39 is 5.97 Å². The van der Waals surface area contributed by atoms with E-state index in [0.717, 1.165) is 0 Å². The van der Waals surface area contributed by atoms with E-state index in [0.29, 0.717) is 17.2 Å². The number of hydrogen-bond donors (Lipinski definition) is 2. The molecule has 6 heteroatoms. The zero-order valence-electron chi connectivity index (χ0n) is 11.3. The van der Waals surface area contributed by atoms with Gasteiger partial charge in [0.15, 0.2) is 0 Å². The van der Waals surface area contributed by atoms with Crippen LogP contribution in [0.1, 0.15) is 26.2 Å². The summed E-state index contributed by atoms with van der Waals surface area (Å²) < 4.78 is 5.39. The Labute approximate surface area is 122 Å². The van der Waals surface area contributed by atoms with Crippen LogP contribution in [0.15, 0.2) is 24.3 Å². The van der Waals surface area contributed by atoms with Crippen molar-refractivity contribution in [3.63, 3.8) is 0 Å². The van der Waals surface area contributed by atoms with E-state index in [2.05, 4.69) is 5.32 Å². The molecule has 1 rings (SSSR count). The van der Waals surface area contributed by atoms with Gasteiger partial charge in [-0.2, -0.15) is 0 Å². The van der Waals surface area contributed by atoms with Gasteiger partial charge in [0.2, 0.25) is 5.91 Å².